The third kappa shape index (κ3) is 4.00. The number of hydrogen-bond donors (Lipinski definition) is 1. The van der Waals surface area contributed by atoms with Gasteiger partial charge in [0.15, 0.2) is 23.0 Å². The molecule has 0 bridgehead atoms. The molecule has 0 aliphatic carbocycles. The Morgan fingerprint density at radius 3 is 2.43 bits per heavy atom. The minimum atomic E-state index is -0.217. The lowest BCUT2D eigenvalue weighted by molar-refractivity contribution is -0.121. The molecule has 0 radical (unpaired) electrons. The lowest BCUT2D eigenvalue weighted by Crippen LogP contribution is -2.28. The summed E-state index contributed by atoms with van der Waals surface area (Å²) < 4.78 is 23.2. The number of hydrogen-bond acceptors (Lipinski definition) is 5. The topological polar surface area (TPSA) is 66.0 Å². The second kappa shape index (κ2) is 8.09. The summed E-state index contributed by atoms with van der Waals surface area (Å²) in [6, 6.07) is 7.08. The number of rotatable bonds is 4. The molecule has 8 heteroatoms. The molecule has 1 unspecified atom stereocenters. The van der Waals surface area contributed by atoms with E-state index in [9.17, 15) is 4.79 Å². The third-order valence-corrected chi connectivity index (χ3v) is 5.49. The van der Waals surface area contributed by atoms with E-state index >= 15 is 0 Å². The summed E-state index contributed by atoms with van der Waals surface area (Å²) in [5, 5.41) is 3.46. The predicted molar refractivity (Wildman–Crippen MR) is 108 cm³/mol. The Morgan fingerprint density at radius 2 is 1.68 bits per heavy atom. The standard InChI is InChI=1S/C20H19BrClNO5/c1-11(13-9-16-17(10-14(13)21)26-3-2-25-16)23-19(24)8-12-6-15(22)20-18(7-12)27-4-5-28-20/h6-7,9-11H,2-5,8H2,1H3,(H,23,24). The molecule has 0 saturated heterocycles. The number of fused-ring (bicyclic) bond motifs is 2. The molecule has 2 aliphatic rings. The largest absolute Gasteiger partial charge is 0.486 e. The molecule has 4 rings (SSSR count). The minimum Gasteiger partial charge on any atom is -0.486 e. The van der Waals surface area contributed by atoms with Crippen molar-refractivity contribution < 1.29 is 23.7 Å². The normalized spacial score (nSPS) is 15.7. The number of halogens is 2. The van der Waals surface area contributed by atoms with Gasteiger partial charge in [-0.3, -0.25) is 4.79 Å². The zero-order chi connectivity index (χ0) is 19.7. The van der Waals surface area contributed by atoms with Gasteiger partial charge in [-0.25, -0.2) is 0 Å². The van der Waals surface area contributed by atoms with Crippen molar-refractivity contribution in [1.82, 2.24) is 5.32 Å². The monoisotopic (exact) mass is 467 g/mol. The van der Waals surface area contributed by atoms with Gasteiger partial charge in [0.1, 0.15) is 26.4 Å². The first-order valence-electron chi connectivity index (χ1n) is 8.97. The fraction of sp³-hybridized carbons (Fsp3) is 0.350. The van der Waals surface area contributed by atoms with Crippen LogP contribution in [0.25, 0.3) is 0 Å². The summed E-state index contributed by atoms with van der Waals surface area (Å²) in [6.45, 7) is 3.90. The zero-order valence-corrected chi connectivity index (χ0v) is 17.6. The van der Waals surface area contributed by atoms with Gasteiger partial charge in [-0.15, -0.1) is 0 Å². The first-order valence-corrected chi connectivity index (χ1v) is 10.1. The van der Waals surface area contributed by atoms with Crippen LogP contribution in [0, 0.1) is 0 Å². The second-order valence-corrected chi connectivity index (χ2v) is 7.85. The Balaban J connectivity index is 1.46. The summed E-state index contributed by atoms with van der Waals surface area (Å²) in [5.41, 5.74) is 1.68. The maximum absolute atomic E-state index is 12.6. The van der Waals surface area contributed by atoms with E-state index in [1.807, 2.05) is 19.1 Å². The average Bonchev–Trinajstić information content (AvgIpc) is 2.67. The summed E-state index contributed by atoms with van der Waals surface area (Å²) in [5.74, 6) is 2.37. The van der Waals surface area contributed by atoms with Gasteiger partial charge in [0.2, 0.25) is 5.91 Å². The van der Waals surface area contributed by atoms with Gasteiger partial charge < -0.3 is 24.3 Å². The Labute approximate surface area is 176 Å². The first-order chi connectivity index (χ1) is 13.5. The van der Waals surface area contributed by atoms with Crippen molar-refractivity contribution in [2.24, 2.45) is 0 Å². The minimum absolute atomic E-state index is 0.123. The Morgan fingerprint density at radius 1 is 1.04 bits per heavy atom. The number of carbonyl (C=O) groups is 1. The molecule has 1 atom stereocenters. The maximum Gasteiger partial charge on any atom is 0.224 e. The lowest BCUT2D eigenvalue weighted by atomic mass is 10.1. The zero-order valence-electron chi connectivity index (χ0n) is 15.2. The Bertz CT molecular complexity index is 920. The van der Waals surface area contributed by atoms with Crippen molar-refractivity contribution in [2.45, 2.75) is 19.4 Å². The number of amides is 1. The summed E-state index contributed by atoms with van der Waals surface area (Å²) in [7, 11) is 0. The first kappa shape index (κ1) is 19.2. The van der Waals surface area contributed by atoms with E-state index in [0.29, 0.717) is 54.4 Å². The quantitative estimate of drug-likeness (QED) is 0.733. The van der Waals surface area contributed by atoms with Crippen LogP contribution in [0.5, 0.6) is 23.0 Å². The van der Waals surface area contributed by atoms with E-state index in [4.69, 9.17) is 30.5 Å². The molecular formula is C20H19BrClNO5. The van der Waals surface area contributed by atoms with E-state index < -0.39 is 0 Å². The van der Waals surface area contributed by atoms with Crippen LogP contribution in [0.2, 0.25) is 5.02 Å². The van der Waals surface area contributed by atoms with Gasteiger partial charge in [0.25, 0.3) is 0 Å². The molecule has 0 fully saturated rings. The molecule has 0 saturated carbocycles. The van der Waals surface area contributed by atoms with Crippen molar-refractivity contribution >= 4 is 33.4 Å². The molecule has 148 valence electrons. The third-order valence-electron chi connectivity index (χ3n) is 4.53. The van der Waals surface area contributed by atoms with Crippen molar-refractivity contribution in [2.75, 3.05) is 26.4 Å². The van der Waals surface area contributed by atoms with E-state index in [-0.39, 0.29) is 18.4 Å². The predicted octanol–water partition coefficient (Wildman–Crippen LogP) is 4.06. The summed E-state index contributed by atoms with van der Waals surface area (Å²) in [4.78, 5) is 12.6. The molecule has 1 amide bonds. The molecule has 0 aromatic heterocycles. The molecule has 28 heavy (non-hydrogen) atoms. The van der Waals surface area contributed by atoms with E-state index in [0.717, 1.165) is 15.6 Å². The fourth-order valence-corrected chi connectivity index (χ4v) is 4.19. The molecule has 2 aromatic rings. The van der Waals surface area contributed by atoms with Gasteiger partial charge in [-0.2, -0.15) is 0 Å². The summed E-state index contributed by atoms with van der Waals surface area (Å²) in [6.07, 6.45) is 0.183. The van der Waals surface area contributed by atoms with Gasteiger partial charge in [-0.1, -0.05) is 27.5 Å². The van der Waals surface area contributed by atoms with E-state index in [1.54, 1.807) is 12.1 Å². The highest BCUT2D eigenvalue weighted by Crippen LogP contribution is 2.39. The molecule has 1 N–H and O–H groups in total. The molecule has 0 spiro atoms. The van der Waals surface area contributed by atoms with Crippen LogP contribution in [-0.4, -0.2) is 32.3 Å². The second-order valence-electron chi connectivity index (χ2n) is 6.59. The van der Waals surface area contributed by atoms with Crippen LogP contribution in [0.4, 0.5) is 0 Å². The smallest absolute Gasteiger partial charge is 0.224 e. The van der Waals surface area contributed by atoms with Crippen LogP contribution >= 0.6 is 27.5 Å². The van der Waals surface area contributed by atoms with Crippen LogP contribution < -0.4 is 24.3 Å². The van der Waals surface area contributed by atoms with Crippen molar-refractivity contribution in [1.29, 1.82) is 0 Å². The Hall–Kier alpha value is -2.12. The highest BCUT2D eigenvalue weighted by Gasteiger charge is 2.21. The molecule has 2 aromatic carbocycles. The highest BCUT2D eigenvalue weighted by atomic mass is 79.9. The molecule has 6 nitrogen and oxygen atoms in total. The lowest BCUT2D eigenvalue weighted by Gasteiger charge is -2.23. The van der Waals surface area contributed by atoms with Crippen LogP contribution in [0.3, 0.4) is 0 Å². The number of benzene rings is 2. The van der Waals surface area contributed by atoms with Crippen LogP contribution in [0.15, 0.2) is 28.7 Å². The van der Waals surface area contributed by atoms with Crippen molar-refractivity contribution in [3.05, 3.63) is 44.9 Å². The van der Waals surface area contributed by atoms with Crippen LogP contribution in [-0.2, 0) is 11.2 Å². The van der Waals surface area contributed by atoms with Crippen LogP contribution in [0.1, 0.15) is 24.1 Å². The highest BCUT2D eigenvalue weighted by molar-refractivity contribution is 9.10. The number of carbonyl (C=O) groups excluding carboxylic acids is 1. The van der Waals surface area contributed by atoms with Gasteiger partial charge in [-0.05, 0) is 42.3 Å². The summed E-state index contributed by atoms with van der Waals surface area (Å²) >= 11 is 9.80. The Kier molecular flexibility index (Phi) is 5.55. The number of nitrogens with one attached hydrogen (secondary N) is 1. The SMILES string of the molecule is CC(NC(=O)Cc1cc(Cl)c2c(c1)OCCO2)c1cc2c(cc1Br)OCCO2. The van der Waals surface area contributed by atoms with Crippen molar-refractivity contribution in [3.8, 4) is 23.0 Å². The van der Waals surface area contributed by atoms with Gasteiger partial charge in [0, 0.05) is 4.47 Å². The van der Waals surface area contributed by atoms with E-state index in [2.05, 4.69) is 21.2 Å². The fourth-order valence-electron chi connectivity index (χ4n) is 3.23. The van der Waals surface area contributed by atoms with Gasteiger partial charge in [0.05, 0.1) is 17.5 Å². The molecule has 2 aliphatic heterocycles. The van der Waals surface area contributed by atoms with Gasteiger partial charge >= 0.3 is 0 Å². The molecule has 2 heterocycles. The maximum atomic E-state index is 12.6. The average molecular weight is 469 g/mol. The number of ether oxygens (including phenoxy) is 4. The van der Waals surface area contributed by atoms with E-state index in [1.165, 1.54) is 0 Å². The van der Waals surface area contributed by atoms with Crippen molar-refractivity contribution in [3.63, 3.8) is 0 Å². The molecular weight excluding hydrogens is 450 g/mol.